The highest BCUT2D eigenvalue weighted by molar-refractivity contribution is 7.91. The molecular weight excluding hydrogens is 646 g/mol. The summed E-state index contributed by atoms with van der Waals surface area (Å²) < 4.78 is 102. The number of amides is 3. The van der Waals surface area contributed by atoms with Gasteiger partial charge in [-0.25, -0.2) is 13.2 Å². The van der Waals surface area contributed by atoms with Gasteiger partial charge < -0.3 is 25.7 Å². The highest BCUT2D eigenvalue weighted by Gasteiger charge is 2.71. The second kappa shape index (κ2) is 12.3. The summed E-state index contributed by atoms with van der Waals surface area (Å²) in [4.78, 5) is 28.7. The smallest absolute Gasteiger partial charge is 0.390 e. The average molecular weight is 673 g/mol. The Bertz CT molecular complexity index is 1480. The number of hydrogen-bond acceptors (Lipinski definition) is 7. The highest BCUT2D eigenvalue weighted by atomic mass is 35.5. The molecule has 2 aromatic rings. The van der Waals surface area contributed by atoms with Crippen LogP contribution < -0.4 is 10.6 Å². The fourth-order valence-electron chi connectivity index (χ4n) is 4.93. The van der Waals surface area contributed by atoms with Crippen molar-refractivity contribution in [2.75, 3.05) is 43.0 Å². The maximum Gasteiger partial charge on any atom is 0.430 e. The number of nitrogens with zero attached hydrogens (tertiary/aromatic N) is 2. The van der Waals surface area contributed by atoms with Gasteiger partial charge >= 0.3 is 18.4 Å². The molecule has 2 fully saturated rings. The van der Waals surface area contributed by atoms with Crippen LogP contribution in [0, 0.1) is 0 Å². The Labute approximate surface area is 252 Å². The van der Waals surface area contributed by atoms with E-state index in [0.29, 0.717) is 30.8 Å². The van der Waals surface area contributed by atoms with Crippen LogP contribution in [0.3, 0.4) is 0 Å². The number of rotatable bonds is 6. The number of nitrogens with one attached hydrogen (secondary N) is 2. The van der Waals surface area contributed by atoms with E-state index in [4.69, 9.17) is 11.6 Å². The predicted molar refractivity (Wildman–Crippen MR) is 146 cm³/mol. The molecule has 2 unspecified atom stereocenters. The van der Waals surface area contributed by atoms with Gasteiger partial charge in [-0.15, -0.1) is 0 Å². The number of piperazine rings is 1. The Morgan fingerprint density at radius 2 is 1.52 bits per heavy atom. The van der Waals surface area contributed by atoms with Gasteiger partial charge in [0, 0.05) is 43.9 Å². The summed E-state index contributed by atoms with van der Waals surface area (Å²) in [5.74, 6) is -1.24. The summed E-state index contributed by atoms with van der Waals surface area (Å²) in [6.45, 7) is 1.38. The van der Waals surface area contributed by atoms with Crippen molar-refractivity contribution in [2.24, 2.45) is 0 Å². The third kappa shape index (κ3) is 7.22. The van der Waals surface area contributed by atoms with Crippen LogP contribution in [-0.4, -0.2) is 103 Å². The van der Waals surface area contributed by atoms with E-state index in [0.717, 1.165) is 12.1 Å². The van der Waals surface area contributed by atoms with Crippen molar-refractivity contribution in [2.45, 2.75) is 36.6 Å². The summed E-state index contributed by atoms with van der Waals surface area (Å²) in [5.41, 5.74) is -5.60. The number of sulfone groups is 1. The summed E-state index contributed by atoms with van der Waals surface area (Å²) in [5, 5.41) is 24.2. The first-order chi connectivity index (χ1) is 20.3. The molecule has 4 rings (SSSR count). The van der Waals surface area contributed by atoms with Crippen LogP contribution in [0.25, 0.3) is 0 Å². The average Bonchev–Trinajstić information content (AvgIpc) is 3.18. The lowest BCUT2D eigenvalue weighted by Gasteiger charge is -2.35. The minimum Gasteiger partial charge on any atom is -0.390 e. The number of aliphatic hydroxyl groups is 2. The molecule has 0 spiro atoms. The highest BCUT2D eigenvalue weighted by Crippen LogP contribution is 2.50. The third-order valence-corrected chi connectivity index (χ3v) is 9.39. The molecule has 0 bridgehead atoms. The van der Waals surface area contributed by atoms with Gasteiger partial charge in [-0.2, -0.15) is 26.3 Å². The summed E-state index contributed by atoms with van der Waals surface area (Å²) in [6, 6.07) is 5.69. The topological polar surface area (TPSA) is 139 Å². The van der Waals surface area contributed by atoms with E-state index in [1.54, 1.807) is 0 Å². The van der Waals surface area contributed by atoms with Crippen molar-refractivity contribution < 1.29 is 54.6 Å². The molecule has 242 valence electrons. The number of carbonyl (C=O) groups is 2. The van der Waals surface area contributed by atoms with Gasteiger partial charge in [0.1, 0.15) is 0 Å². The van der Waals surface area contributed by atoms with E-state index in [-0.39, 0.29) is 41.8 Å². The molecule has 4 N–H and O–H groups in total. The Balaban J connectivity index is 1.31. The zero-order chi connectivity index (χ0) is 32.7. The summed E-state index contributed by atoms with van der Waals surface area (Å²) >= 11 is 6.24. The standard InChI is InChI=1S/C26H27ClF6N4O6S/c27-18-11-16(3-6-19(18)34-23(40)35-20-13-44(42,43)14-21(20)38)22(39)37-9-7-36(8-10-37)12-15-1-4-17(5-2-15)24(41,25(28,29)30)26(31,32)33/h1-6,11,20-21,38,41H,7-10,12-14H2,(H2,34,35,40). The SMILES string of the molecule is O=C(Nc1ccc(C(=O)N2CCN(Cc3ccc(C(O)(C(F)(F)F)C(F)(F)F)cc3)CC2)cc1Cl)NC1CS(=O)(=O)CC1O. The predicted octanol–water partition coefficient (Wildman–Crippen LogP) is 2.89. The van der Waals surface area contributed by atoms with Gasteiger partial charge in [0.2, 0.25) is 0 Å². The number of urea groups is 1. The quantitative estimate of drug-likeness (QED) is 0.346. The van der Waals surface area contributed by atoms with Gasteiger partial charge in [-0.3, -0.25) is 9.69 Å². The lowest BCUT2D eigenvalue weighted by Crippen LogP contribution is -2.53. The first-order valence-electron chi connectivity index (χ1n) is 13.0. The fraction of sp³-hybridized carbons (Fsp3) is 0.462. The van der Waals surface area contributed by atoms with E-state index in [9.17, 15) is 54.6 Å². The van der Waals surface area contributed by atoms with Crippen molar-refractivity contribution in [3.8, 4) is 0 Å². The minimum atomic E-state index is -5.97. The van der Waals surface area contributed by atoms with Crippen LogP contribution in [0.1, 0.15) is 21.5 Å². The number of aliphatic hydroxyl groups excluding tert-OH is 1. The molecule has 2 saturated heterocycles. The molecule has 10 nitrogen and oxygen atoms in total. The van der Waals surface area contributed by atoms with Gasteiger partial charge in [0.25, 0.3) is 11.5 Å². The molecule has 2 heterocycles. The minimum absolute atomic E-state index is 0.0237. The number of carbonyl (C=O) groups excluding carboxylic acids is 2. The van der Waals surface area contributed by atoms with Gasteiger partial charge in [-0.1, -0.05) is 35.9 Å². The summed E-state index contributed by atoms with van der Waals surface area (Å²) in [6.07, 6.45) is -13.2. The summed E-state index contributed by atoms with van der Waals surface area (Å²) in [7, 11) is -3.47. The monoisotopic (exact) mass is 672 g/mol. The lowest BCUT2D eigenvalue weighted by atomic mass is 9.91. The van der Waals surface area contributed by atoms with Gasteiger partial charge in [-0.05, 0) is 23.8 Å². The van der Waals surface area contributed by atoms with Gasteiger partial charge in [0.05, 0.1) is 34.4 Å². The lowest BCUT2D eigenvalue weighted by molar-refractivity contribution is -0.376. The molecular formula is C26H27ClF6N4O6S. The first kappa shape index (κ1) is 33.8. The van der Waals surface area contributed by atoms with Crippen LogP contribution in [0.2, 0.25) is 5.02 Å². The molecule has 2 aromatic carbocycles. The number of halogens is 7. The van der Waals surface area contributed by atoms with E-state index < -0.39 is 63.0 Å². The third-order valence-electron chi connectivity index (χ3n) is 7.36. The molecule has 0 aliphatic carbocycles. The molecule has 0 saturated carbocycles. The zero-order valence-electron chi connectivity index (χ0n) is 22.6. The van der Waals surface area contributed by atoms with Crippen molar-refractivity contribution in [1.29, 1.82) is 0 Å². The Morgan fingerprint density at radius 1 is 0.932 bits per heavy atom. The first-order valence-corrected chi connectivity index (χ1v) is 15.2. The maximum absolute atomic E-state index is 13.1. The second-order valence-electron chi connectivity index (χ2n) is 10.5. The molecule has 18 heteroatoms. The van der Waals surface area contributed by atoms with Crippen LogP contribution in [0.4, 0.5) is 36.8 Å². The molecule has 2 aliphatic heterocycles. The number of benzene rings is 2. The van der Waals surface area contributed by atoms with Crippen LogP contribution in [0.15, 0.2) is 42.5 Å². The number of hydrogen-bond donors (Lipinski definition) is 4. The molecule has 3 amide bonds. The van der Waals surface area contributed by atoms with E-state index in [1.165, 1.54) is 23.1 Å². The van der Waals surface area contributed by atoms with Crippen LogP contribution in [0.5, 0.6) is 0 Å². The molecule has 44 heavy (non-hydrogen) atoms. The van der Waals surface area contributed by atoms with Crippen molar-refractivity contribution in [1.82, 2.24) is 15.1 Å². The Hall–Kier alpha value is -3.12. The second-order valence-corrected chi connectivity index (χ2v) is 13.1. The van der Waals surface area contributed by atoms with Crippen LogP contribution >= 0.6 is 11.6 Å². The van der Waals surface area contributed by atoms with Gasteiger partial charge in [0.15, 0.2) is 9.84 Å². The van der Waals surface area contributed by atoms with Crippen molar-refractivity contribution in [3.63, 3.8) is 0 Å². The van der Waals surface area contributed by atoms with E-state index >= 15 is 0 Å². The molecule has 0 radical (unpaired) electrons. The normalized spacial score (nSPS) is 21.2. The fourth-order valence-corrected chi connectivity index (χ4v) is 6.90. The maximum atomic E-state index is 13.1. The van der Waals surface area contributed by atoms with E-state index in [1.807, 2.05) is 4.90 Å². The molecule has 2 atom stereocenters. The van der Waals surface area contributed by atoms with Crippen LogP contribution in [-0.2, 0) is 22.0 Å². The molecule has 2 aliphatic rings. The van der Waals surface area contributed by atoms with Crippen molar-refractivity contribution >= 4 is 39.1 Å². The zero-order valence-corrected chi connectivity index (χ0v) is 24.2. The largest absolute Gasteiger partial charge is 0.430 e. The van der Waals surface area contributed by atoms with Crippen molar-refractivity contribution in [3.05, 3.63) is 64.2 Å². The Kier molecular flexibility index (Phi) is 9.47. The Morgan fingerprint density at radius 3 is 2.02 bits per heavy atom. The number of anilines is 1. The molecule has 0 aromatic heterocycles. The van der Waals surface area contributed by atoms with E-state index in [2.05, 4.69) is 10.6 Å². The number of alkyl halides is 6.